The average molecular weight is 537 g/mol. The zero-order valence-electron chi connectivity index (χ0n) is 23.1. The number of benzene rings is 7. The first kappa shape index (κ1) is 24.2. The van der Waals surface area contributed by atoms with Crippen LogP contribution in [0.5, 0.6) is 0 Å². The summed E-state index contributed by atoms with van der Waals surface area (Å²) in [6, 6.07) is 60.9. The molecule has 2 heteroatoms. The molecule has 0 saturated heterocycles. The van der Waals surface area contributed by atoms with Crippen LogP contribution in [0.15, 0.2) is 170 Å². The Hall–Kier alpha value is -5.60. The summed E-state index contributed by atoms with van der Waals surface area (Å²) in [5.74, 6) is 0. The highest BCUT2D eigenvalue weighted by Crippen LogP contribution is 2.38. The van der Waals surface area contributed by atoms with E-state index in [-0.39, 0.29) is 0 Å². The van der Waals surface area contributed by atoms with Gasteiger partial charge in [-0.2, -0.15) is 0 Å². The van der Waals surface area contributed by atoms with E-state index < -0.39 is 0 Å². The van der Waals surface area contributed by atoms with Crippen LogP contribution < -0.4 is 4.90 Å². The average Bonchev–Trinajstić information content (AvgIpc) is 3.40. The number of nitrogens with zero attached hydrogens (tertiary/aromatic N) is 2. The van der Waals surface area contributed by atoms with Crippen molar-refractivity contribution in [1.29, 1.82) is 0 Å². The quantitative estimate of drug-likeness (QED) is 0.212. The zero-order valence-corrected chi connectivity index (χ0v) is 23.1. The molecule has 0 saturated carbocycles. The molecule has 0 unspecified atom stereocenters. The molecular formula is C40H28N2. The second-order valence-corrected chi connectivity index (χ2v) is 10.7. The van der Waals surface area contributed by atoms with Crippen LogP contribution in [0.3, 0.4) is 0 Å². The number of hydrogen-bond acceptors (Lipinski definition) is 1. The molecule has 8 aromatic rings. The summed E-state index contributed by atoms with van der Waals surface area (Å²) >= 11 is 0. The number of aromatic nitrogens is 1. The molecule has 8 rings (SSSR count). The maximum atomic E-state index is 2.38. The minimum absolute atomic E-state index is 1.11. The minimum Gasteiger partial charge on any atom is -0.310 e. The van der Waals surface area contributed by atoms with E-state index in [1.54, 1.807) is 0 Å². The van der Waals surface area contributed by atoms with Gasteiger partial charge in [-0.25, -0.2) is 0 Å². The standard InChI is InChI=1S/C40H28N2/c1-2-13-33(14-3-1)41(34-25-23-30(24-26-34)32-22-21-29-11-4-5-12-31(29)27-32)35-15-10-16-36(28-35)42-39-19-8-6-17-37(39)38-18-7-9-20-40(38)42/h1-28H. The molecule has 2 nitrogen and oxygen atoms in total. The van der Waals surface area contributed by atoms with E-state index in [1.165, 1.54) is 43.7 Å². The lowest BCUT2D eigenvalue weighted by molar-refractivity contribution is 1.17. The van der Waals surface area contributed by atoms with Crippen molar-refractivity contribution in [2.75, 3.05) is 4.90 Å². The fourth-order valence-corrected chi connectivity index (χ4v) is 6.17. The molecule has 198 valence electrons. The number of anilines is 3. The molecule has 0 spiro atoms. The summed E-state index contributed by atoms with van der Waals surface area (Å²) in [5, 5.41) is 5.05. The van der Waals surface area contributed by atoms with Gasteiger partial charge in [-0.3, -0.25) is 0 Å². The summed E-state index contributed by atoms with van der Waals surface area (Å²) in [5.41, 5.74) is 9.33. The first-order valence-corrected chi connectivity index (χ1v) is 14.4. The first-order chi connectivity index (χ1) is 20.8. The maximum Gasteiger partial charge on any atom is 0.0541 e. The summed E-state index contributed by atoms with van der Waals surface area (Å²) in [4.78, 5) is 2.33. The van der Waals surface area contributed by atoms with Crippen LogP contribution in [-0.4, -0.2) is 4.57 Å². The molecule has 0 amide bonds. The third kappa shape index (κ3) is 4.13. The van der Waals surface area contributed by atoms with Crippen molar-refractivity contribution in [2.45, 2.75) is 0 Å². The molecule has 0 N–H and O–H groups in total. The molecule has 0 fully saturated rings. The van der Waals surface area contributed by atoms with Crippen molar-refractivity contribution in [3.05, 3.63) is 170 Å². The van der Waals surface area contributed by atoms with Crippen molar-refractivity contribution in [2.24, 2.45) is 0 Å². The number of rotatable bonds is 5. The predicted octanol–water partition coefficient (Wildman–Crippen LogP) is 11.1. The lowest BCUT2D eigenvalue weighted by Crippen LogP contribution is -2.10. The first-order valence-electron chi connectivity index (χ1n) is 14.4. The van der Waals surface area contributed by atoms with E-state index in [2.05, 4.69) is 179 Å². The summed E-state index contributed by atoms with van der Waals surface area (Å²) < 4.78 is 2.38. The second-order valence-electron chi connectivity index (χ2n) is 10.7. The second kappa shape index (κ2) is 10.1. The van der Waals surface area contributed by atoms with Crippen LogP contribution >= 0.6 is 0 Å². The van der Waals surface area contributed by atoms with Gasteiger partial charge >= 0.3 is 0 Å². The highest BCUT2D eigenvalue weighted by molar-refractivity contribution is 6.09. The molecule has 0 bridgehead atoms. The third-order valence-electron chi connectivity index (χ3n) is 8.15. The highest BCUT2D eigenvalue weighted by Gasteiger charge is 2.16. The minimum atomic E-state index is 1.11. The predicted molar refractivity (Wildman–Crippen MR) is 178 cm³/mol. The van der Waals surface area contributed by atoms with Crippen molar-refractivity contribution >= 4 is 49.6 Å². The molecule has 7 aromatic carbocycles. The van der Waals surface area contributed by atoms with Crippen LogP contribution in [0.1, 0.15) is 0 Å². The molecule has 42 heavy (non-hydrogen) atoms. The van der Waals surface area contributed by atoms with Gasteiger partial charge < -0.3 is 9.47 Å². The number of fused-ring (bicyclic) bond motifs is 4. The van der Waals surface area contributed by atoms with Gasteiger partial charge in [0.15, 0.2) is 0 Å². The SMILES string of the molecule is c1ccc(N(c2ccc(-c3ccc4ccccc4c3)cc2)c2cccc(-n3c4ccccc4c4ccccc43)c2)cc1. The molecule has 0 aliphatic carbocycles. The van der Waals surface area contributed by atoms with E-state index in [0.29, 0.717) is 0 Å². The number of hydrogen-bond donors (Lipinski definition) is 0. The van der Waals surface area contributed by atoms with Crippen LogP contribution in [0.2, 0.25) is 0 Å². The number of para-hydroxylation sites is 3. The van der Waals surface area contributed by atoms with Crippen molar-refractivity contribution in [1.82, 2.24) is 4.57 Å². The summed E-state index contributed by atoms with van der Waals surface area (Å²) in [6.07, 6.45) is 0. The van der Waals surface area contributed by atoms with Crippen LogP contribution in [-0.2, 0) is 0 Å². The summed E-state index contributed by atoms with van der Waals surface area (Å²) in [7, 11) is 0. The lowest BCUT2D eigenvalue weighted by atomic mass is 10.0. The lowest BCUT2D eigenvalue weighted by Gasteiger charge is -2.26. The van der Waals surface area contributed by atoms with E-state index in [9.17, 15) is 0 Å². The maximum absolute atomic E-state index is 2.38. The Bertz CT molecular complexity index is 2140. The summed E-state index contributed by atoms with van der Waals surface area (Å²) in [6.45, 7) is 0. The Kier molecular flexibility index (Phi) is 5.82. The molecular weight excluding hydrogens is 508 g/mol. The van der Waals surface area contributed by atoms with Crippen molar-refractivity contribution < 1.29 is 0 Å². The smallest absolute Gasteiger partial charge is 0.0541 e. The van der Waals surface area contributed by atoms with Gasteiger partial charge in [-0.05, 0) is 82.6 Å². The zero-order chi connectivity index (χ0) is 27.9. The Morgan fingerprint density at radius 2 is 0.929 bits per heavy atom. The van der Waals surface area contributed by atoms with Gasteiger partial charge in [0, 0.05) is 33.5 Å². The topological polar surface area (TPSA) is 8.17 Å². The van der Waals surface area contributed by atoms with Crippen molar-refractivity contribution in [3.8, 4) is 16.8 Å². The molecule has 0 radical (unpaired) electrons. The Labute approximate surface area is 245 Å². The Morgan fingerprint density at radius 1 is 0.357 bits per heavy atom. The monoisotopic (exact) mass is 536 g/mol. The van der Waals surface area contributed by atoms with Gasteiger partial charge in [0.05, 0.1) is 11.0 Å². The van der Waals surface area contributed by atoms with Gasteiger partial charge in [-0.1, -0.05) is 109 Å². The van der Waals surface area contributed by atoms with Crippen molar-refractivity contribution in [3.63, 3.8) is 0 Å². The van der Waals surface area contributed by atoms with Crippen LogP contribution in [0.4, 0.5) is 17.1 Å². The normalized spacial score (nSPS) is 11.3. The van der Waals surface area contributed by atoms with E-state index in [1.807, 2.05) is 0 Å². The van der Waals surface area contributed by atoms with Gasteiger partial charge in [0.2, 0.25) is 0 Å². The van der Waals surface area contributed by atoms with Gasteiger partial charge in [0.25, 0.3) is 0 Å². The molecule has 0 aliphatic heterocycles. The molecule has 0 aliphatic rings. The van der Waals surface area contributed by atoms with E-state index in [4.69, 9.17) is 0 Å². The van der Waals surface area contributed by atoms with Gasteiger partial charge in [-0.15, -0.1) is 0 Å². The third-order valence-corrected chi connectivity index (χ3v) is 8.15. The van der Waals surface area contributed by atoms with Crippen LogP contribution in [0.25, 0.3) is 49.4 Å². The fraction of sp³-hybridized carbons (Fsp3) is 0. The van der Waals surface area contributed by atoms with E-state index in [0.717, 1.165) is 22.7 Å². The van der Waals surface area contributed by atoms with Crippen LogP contribution in [0, 0.1) is 0 Å². The Balaban J connectivity index is 1.25. The fourth-order valence-electron chi connectivity index (χ4n) is 6.17. The van der Waals surface area contributed by atoms with E-state index >= 15 is 0 Å². The molecule has 1 aromatic heterocycles. The largest absolute Gasteiger partial charge is 0.310 e. The highest BCUT2D eigenvalue weighted by atomic mass is 15.1. The van der Waals surface area contributed by atoms with Gasteiger partial charge in [0.1, 0.15) is 0 Å². The molecule has 1 heterocycles. The Morgan fingerprint density at radius 3 is 1.67 bits per heavy atom. The molecule has 0 atom stereocenters.